The molecule has 1 aliphatic heterocycles. The largest absolute Gasteiger partial charge is 0.495 e. The molecule has 0 amide bonds. The summed E-state index contributed by atoms with van der Waals surface area (Å²) in [6.45, 7) is 7.23. The quantitative estimate of drug-likeness (QED) is 0.230. The van der Waals surface area contributed by atoms with Gasteiger partial charge in [-0.3, -0.25) is 14.6 Å². The van der Waals surface area contributed by atoms with E-state index in [-0.39, 0.29) is 5.95 Å². The van der Waals surface area contributed by atoms with Gasteiger partial charge in [-0.05, 0) is 64.4 Å². The van der Waals surface area contributed by atoms with Gasteiger partial charge in [0.25, 0.3) is 0 Å². The number of aromatic nitrogens is 6. The molecule has 0 saturated carbocycles. The highest BCUT2D eigenvalue weighted by Gasteiger charge is 2.23. The van der Waals surface area contributed by atoms with E-state index in [2.05, 4.69) is 55.5 Å². The predicted octanol–water partition coefficient (Wildman–Crippen LogP) is 2.87. The van der Waals surface area contributed by atoms with Gasteiger partial charge >= 0.3 is 0 Å². The van der Waals surface area contributed by atoms with Crippen LogP contribution in [0.4, 0.5) is 11.8 Å². The van der Waals surface area contributed by atoms with Crippen LogP contribution in [0.2, 0.25) is 0 Å². The number of methoxy groups -OCH3 is 1. The molecule has 1 fully saturated rings. The maximum atomic E-state index is 5.97. The molecule has 0 atom stereocenters. The van der Waals surface area contributed by atoms with E-state index in [0.29, 0.717) is 37.1 Å². The summed E-state index contributed by atoms with van der Waals surface area (Å²) in [5.41, 5.74) is 10.1. The van der Waals surface area contributed by atoms with Crippen LogP contribution in [0.25, 0.3) is 11.0 Å². The molecule has 13 nitrogen and oxygen atoms in total. The Hall–Kier alpha value is -3.81. The number of fused-ring (bicyclic) bond motifs is 1. The molecular formula is C28H40N10O3. The van der Waals surface area contributed by atoms with Gasteiger partial charge in [-0.1, -0.05) is 5.16 Å². The molecule has 1 saturated heterocycles. The lowest BCUT2D eigenvalue weighted by atomic mass is 9.90. The van der Waals surface area contributed by atoms with Crippen molar-refractivity contribution >= 4 is 22.8 Å². The van der Waals surface area contributed by atoms with E-state index in [1.54, 1.807) is 13.3 Å². The van der Waals surface area contributed by atoms with E-state index in [4.69, 9.17) is 24.7 Å². The standard InChI is InChI=1S/C28H40N10O3/c1-19-12-22(35-41-19)15-31-27-26-23(33-28(29)34-27)16-32-38(26)17-24-25(39-4)13-21(14-30-24)20-6-9-37(10-7-20)18-40-11-5-8-36(2)3/h12-14,16,20H,5-11,15,17-18H2,1-4H3,(H3,29,31,33,34). The third kappa shape index (κ3) is 7.29. The Morgan fingerprint density at radius 1 is 1.17 bits per heavy atom. The summed E-state index contributed by atoms with van der Waals surface area (Å²) in [7, 11) is 5.85. The zero-order valence-corrected chi connectivity index (χ0v) is 24.3. The summed E-state index contributed by atoms with van der Waals surface area (Å²) < 4.78 is 18.6. The summed E-state index contributed by atoms with van der Waals surface area (Å²) in [6, 6.07) is 3.99. The minimum atomic E-state index is 0.165. The third-order valence-corrected chi connectivity index (χ3v) is 7.32. The molecule has 1 aliphatic rings. The van der Waals surface area contributed by atoms with Gasteiger partial charge in [-0.2, -0.15) is 10.1 Å². The molecule has 41 heavy (non-hydrogen) atoms. The van der Waals surface area contributed by atoms with Crippen LogP contribution in [0, 0.1) is 6.92 Å². The van der Waals surface area contributed by atoms with Crippen molar-refractivity contribution in [3.63, 3.8) is 0 Å². The number of likely N-dealkylation sites (tertiary alicyclic amines) is 1. The fourth-order valence-electron chi connectivity index (χ4n) is 5.16. The number of nitrogens with two attached hydrogens (primary N) is 1. The van der Waals surface area contributed by atoms with E-state index < -0.39 is 0 Å². The number of hydrogen-bond acceptors (Lipinski definition) is 12. The summed E-state index contributed by atoms with van der Waals surface area (Å²) in [6.07, 6.45) is 6.83. The number of pyridine rings is 1. The molecule has 0 aromatic carbocycles. The second-order valence-corrected chi connectivity index (χ2v) is 10.8. The van der Waals surface area contributed by atoms with Gasteiger partial charge < -0.3 is 29.9 Å². The first-order valence-electron chi connectivity index (χ1n) is 14.0. The number of aryl methyl sites for hydroxylation is 1. The zero-order valence-electron chi connectivity index (χ0n) is 24.3. The second-order valence-electron chi connectivity index (χ2n) is 10.8. The maximum Gasteiger partial charge on any atom is 0.222 e. The molecule has 3 N–H and O–H groups in total. The van der Waals surface area contributed by atoms with Crippen molar-refractivity contribution in [2.45, 2.75) is 45.2 Å². The number of nitrogens with zero attached hydrogens (tertiary/aromatic N) is 8. The Morgan fingerprint density at radius 2 is 2.00 bits per heavy atom. The van der Waals surface area contributed by atoms with E-state index in [1.807, 2.05) is 23.9 Å². The number of nitrogen functional groups attached to an aromatic ring is 1. The van der Waals surface area contributed by atoms with Gasteiger partial charge in [0.05, 0.1) is 33.1 Å². The van der Waals surface area contributed by atoms with Gasteiger partial charge in [0, 0.05) is 32.0 Å². The first kappa shape index (κ1) is 28.7. The highest BCUT2D eigenvalue weighted by molar-refractivity contribution is 5.86. The lowest BCUT2D eigenvalue weighted by molar-refractivity contribution is 0.0135. The van der Waals surface area contributed by atoms with Crippen LogP contribution in [0.3, 0.4) is 0 Å². The minimum absolute atomic E-state index is 0.165. The van der Waals surface area contributed by atoms with E-state index in [1.165, 1.54) is 5.56 Å². The molecule has 5 rings (SSSR count). The number of nitrogens with one attached hydrogen (secondary N) is 1. The number of anilines is 2. The Bertz CT molecular complexity index is 1430. The van der Waals surface area contributed by atoms with Crippen LogP contribution in [0.1, 0.15) is 47.9 Å². The molecular weight excluding hydrogens is 524 g/mol. The van der Waals surface area contributed by atoms with Gasteiger partial charge in [0.2, 0.25) is 5.95 Å². The van der Waals surface area contributed by atoms with E-state index >= 15 is 0 Å². The smallest absolute Gasteiger partial charge is 0.222 e. The highest BCUT2D eigenvalue weighted by atomic mass is 16.5. The van der Waals surface area contributed by atoms with Crippen LogP contribution in [0.5, 0.6) is 5.75 Å². The average molecular weight is 565 g/mol. The van der Waals surface area contributed by atoms with Gasteiger partial charge in [-0.25, -0.2) is 4.98 Å². The fourth-order valence-corrected chi connectivity index (χ4v) is 5.16. The molecule has 4 aromatic rings. The van der Waals surface area contributed by atoms with Crippen molar-refractivity contribution in [1.82, 2.24) is 39.7 Å². The van der Waals surface area contributed by atoms with E-state index in [9.17, 15) is 0 Å². The maximum absolute atomic E-state index is 5.97. The summed E-state index contributed by atoms with van der Waals surface area (Å²) in [4.78, 5) is 18.2. The molecule has 13 heteroatoms. The van der Waals surface area contributed by atoms with Gasteiger partial charge in [-0.15, -0.1) is 0 Å². The average Bonchev–Trinajstić information content (AvgIpc) is 3.57. The van der Waals surface area contributed by atoms with Gasteiger partial charge in [0.1, 0.15) is 33.9 Å². The summed E-state index contributed by atoms with van der Waals surface area (Å²) in [5, 5.41) is 11.9. The highest BCUT2D eigenvalue weighted by Crippen LogP contribution is 2.31. The monoisotopic (exact) mass is 564 g/mol. The Kier molecular flexibility index (Phi) is 9.27. The van der Waals surface area contributed by atoms with Crippen LogP contribution >= 0.6 is 0 Å². The van der Waals surface area contributed by atoms with Crippen molar-refractivity contribution in [2.24, 2.45) is 0 Å². The Balaban J connectivity index is 1.24. The molecule has 0 bridgehead atoms. The van der Waals surface area contributed by atoms with Crippen LogP contribution in [0.15, 0.2) is 29.0 Å². The van der Waals surface area contributed by atoms with Crippen molar-refractivity contribution in [2.75, 3.05) is 65.2 Å². The third-order valence-electron chi connectivity index (χ3n) is 7.32. The number of rotatable bonds is 13. The SMILES string of the molecule is COc1cc(C2CCN(COCCCN(C)C)CC2)cnc1Cn1ncc2nc(N)nc(NCc3cc(C)on3)c21. The molecule has 0 spiro atoms. The minimum Gasteiger partial charge on any atom is -0.495 e. The van der Waals surface area contributed by atoms with Crippen molar-refractivity contribution in [3.05, 3.63) is 47.2 Å². The number of hydrogen-bond donors (Lipinski definition) is 2. The van der Waals surface area contributed by atoms with Crippen molar-refractivity contribution < 1.29 is 14.0 Å². The summed E-state index contributed by atoms with van der Waals surface area (Å²) in [5.74, 6) is 2.65. The molecule has 0 aliphatic carbocycles. The first-order valence-corrected chi connectivity index (χ1v) is 14.0. The molecule has 0 unspecified atom stereocenters. The molecule has 5 heterocycles. The Labute approximate surface area is 240 Å². The zero-order chi connectivity index (χ0) is 28.8. The predicted molar refractivity (Wildman–Crippen MR) is 156 cm³/mol. The summed E-state index contributed by atoms with van der Waals surface area (Å²) >= 11 is 0. The first-order chi connectivity index (χ1) is 19.9. The lowest BCUT2D eigenvalue weighted by Crippen LogP contribution is -2.35. The molecule has 220 valence electrons. The van der Waals surface area contributed by atoms with Crippen molar-refractivity contribution in [1.29, 1.82) is 0 Å². The number of ether oxygens (including phenoxy) is 2. The van der Waals surface area contributed by atoms with Crippen molar-refractivity contribution in [3.8, 4) is 5.75 Å². The Morgan fingerprint density at radius 3 is 2.73 bits per heavy atom. The second kappa shape index (κ2) is 13.2. The molecule has 4 aromatic heterocycles. The fraction of sp³-hybridized carbons (Fsp3) is 0.536. The normalized spacial score (nSPS) is 14.8. The number of piperidine rings is 1. The van der Waals surface area contributed by atoms with Crippen LogP contribution < -0.4 is 15.8 Å². The lowest BCUT2D eigenvalue weighted by Gasteiger charge is -2.32. The van der Waals surface area contributed by atoms with Crippen LogP contribution in [-0.4, -0.2) is 93.9 Å². The molecule has 0 radical (unpaired) electrons. The van der Waals surface area contributed by atoms with Gasteiger partial charge in [0.15, 0.2) is 5.82 Å². The topological polar surface area (TPSA) is 146 Å². The van der Waals surface area contributed by atoms with E-state index in [0.717, 1.165) is 73.9 Å². The van der Waals surface area contributed by atoms with Crippen LogP contribution in [-0.2, 0) is 17.8 Å².